The molecule has 10 heteroatoms. The van der Waals surface area contributed by atoms with Gasteiger partial charge in [-0.25, -0.2) is 4.79 Å². The quantitative estimate of drug-likeness (QED) is 0.758. The van der Waals surface area contributed by atoms with Crippen LogP contribution in [0.5, 0.6) is 0 Å². The highest BCUT2D eigenvalue weighted by molar-refractivity contribution is 5.91. The van der Waals surface area contributed by atoms with Gasteiger partial charge in [-0.15, -0.1) is 0 Å². The summed E-state index contributed by atoms with van der Waals surface area (Å²) in [5.41, 5.74) is 0. The lowest BCUT2D eigenvalue weighted by Crippen LogP contribution is -2.44. The highest BCUT2D eigenvalue weighted by atomic mass is 19.4. The monoisotopic (exact) mass is 338 g/mol. The van der Waals surface area contributed by atoms with Crippen molar-refractivity contribution in [2.75, 3.05) is 19.6 Å². The molecule has 3 heterocycles. The molecule has 23 heavy (non-hydrogen) atoms. The van der Waals surface area contributed by atoms with Gasteiger partial charge < -0.3 is 19.7 Å². The molecule has 6 nitrogen and oxygen atoms in total. The number of amides is 1. The van der Waals surface area contributed by atoms with E-state index in [0.29, 0.717) is 18.5 Å². The molecule has 1 amide bonds. The topological polar surface area (TPSA) is 82.8 Å². The van der Waals surface area contributed by atoms with Crippen LogP contribution in [0.3, 0.4) is 0 Å². The first-order valence-electron chi connectivity index (χ1n) is 6.75. The van der Waals surface area contributed by atoms with E-state index < -0.39 is 18.2 Å². The Morgan fingerprint density at radius 2 is 1.96 bits per heavy atom. The zero-order chi connectivity index (χ0) is 17.2. The van der Waals surface area contributed by atoms with Crippen molar-refractivity contribution < 1.29 is 36.7 Å². The second-order valence-electron chi connectivity index (χ2n) is 5.32. The Morgan fingerprint density at radius 1 is 1.30 bits per heavy atom. The number of nitrogens with zero attached hydrogens (tertiary/aromatic N) is 1. The Bertz CT molecular complexity index is 575. The van der Waals surface area contributed by atoms with Crippen LogP contribution in [0.4, 0.5) is 17.6 Å². The van der Waals surface area contributed by atoms with E-state index in [1.54, 1.807) is 4.90 Å². The predicted molar refractivity (Wildman–Crippen MR) is 68.2 cm³/mol. The first kappa shape index (κ1) is 17.3. The van der Waals surface area contributed by atoms with Crippen molar-refractivity contribution >= 4 is 11.9 Å². The minimum absolute atomic E-state index is 0.0961. The largest absolute Gasteiger partial charge is 0.490 e. The molecule has 2 N–H and O–H groups in total. The van der Waals surface area contributed by atoms with Gasteiger partial charge in [-0.05, 0) is 18.4 Å². The molecule has 0 saturated carbocycles. The first-order chi connectivity index (χ1) is 10.7. The summed E-state index contributed by atoms with van der Waals surface area (Å²) in [5.74, 6) is -2.34. The number of furan rings is 1. The Kier molecular flexibility index (Phi) is 4.93. The molecule has 1 aromatic heterocycles. The summed E-state index contributed by atoms with van der Waals surface area (Å²) in [6, 6.07) is 2.25. The molecule has 128 valence electrons. The molecule has 2 aliphatic rings. The third-order valence-electron chi connectivity index (χ3n) is 3.55. The standard InChI is InChI=1S/C11H13FN2O2.C2HF3O2/c12-10-2-1-9(16-10)11(15)14-5-7-3-8(6-14)13-4-7;3-2(4,5)1(6)7/h1-2,7-8,13H,3-6H2;(H,6,7)/t7-,8-;/m0./s1. The fourth-order valence-electron chi connectivity index (χ4n) is 2.58. The lowest BCUT2D eigenvalue weighted by atomic mass is 10.00. The maximum atomic E-state index is 12.7. The highest BCUT2D eigenvalue weighted by Gasteiger charge is 2.38. The molecular weight excluding hydrogens is 324 g/mol. The summed E-state index contributed by atoms with van der Waals surface area (Å²) in [6.07, 6.45) is -3.95. The van der Waals surface area contributed by atoms with E-state index in [-0.39, 0.29) is 11.7 Å². The summed E-state index contributed by atoms with van der Waals surface area (Å²) in [5, 5.41) is 10.5. The van der Waals surface area contributed by atoms with E-state index in [0.717, 1.165) is 19.5 Å². The number of carboxylic acid groups (broad SMARTS) is 1. The molecule has 2 fully saturated rings. The lowest BCUT2D eigenvalue weighted by molar-refractivity contribution is -0.192. The van der Waals surface area contributed by atoms with Gasteiger partial charge >= 0.3 is 12.1 Å². The smallest absolute Gasteiger partial charge is 0.475 e. The highest BCUT2D eigenvalue weighted by Crippen LogP contribution is 2.23. The van der Waals surface area contributed by atoms with Crippen molar-refractivity contribution in [3.05, 3.63) is 23.9 Å². The number of piperidine rings is 1. The Hall–Kier alpha value is -2.10. The second-order valence-corrected chi connectivity index (χ2v) is 5.32. The maximum absolute atomic E-state index is 12.7. The molecule has 0 aliphatic carbocycles. The lowest BCUT2D eigenvalue weighted by Gasteiger charge is -2.30. The number of fused-ring (bicyclic) bond motifs is 2. The van der Waals surface area contributed by atoms with Crippen LogP contribution in [0, 0.1) is 11.9 Å². The molecule has 0 radical (unpaired) electrons. The molecule has 2 saturated heterocycles. The average Bonchev–Trinajstić information content (AvgIpc) is 3.03. The van der Waals surface area contributed by atoms with Gasteiger partial charge in [0.1, 0.15) is 0 Å². The molecule has 0 spiro atoms. The Balaban J connectivity index is 0.000000236. The number of rotatable bonds is 1. The van der Waals surface area contributed by atoms with Crippen molar-refractivity contribution in [3.63, 3.8) is 0 Å². The van der Waals surface area contributed by atoms with Gasteiger partial charge in [0.2, 0.25) is 0 Å². The fourth-order valence-corrected chi connectivity index (χ4v) is 2.58. The normalized spacial score (nSPS) is 23.2. The van der Waals surface area contributed by atoms with Crippen LogP contribution in [0.15, 0.2) is 16.5 Å². The van der Waals surface area contributed by atoms with Crippen molar-refractivity contribution in [2.45, 2.75) is 18.6 Å². The predicted octanol–water partition coefficient (Wildman–Crippen LogP) is 1.49. The summed E-state index contributed by atoms with van der Waals surface area (Å²) >= 11 is 0. The molecule has 2 bridgehead atoms. The Labute approximate surface area is 128 Å². The first-order valence-corrected chi connectivity index (χ1v) is 6.75. The van der Waals surface area contributed by atoms with Crippen LogP contribution in [0.25, 0.3) is 0 Å². The number of carbonyl (C=O) groups excluding carboxylic acids is 1. The minimum atomic E-state index is -5.08. The van der Waals surface area contributed by atoms with Crippen LogP contribution in [-0.4, -0.2) is 53.7 Å². The van der Waals surface area contributed by atoms with E-state index in [9.17, 15) is 22.4 Å². The van der Waals surface area contributed by atoms with Crippen molar-refractivity contribution in [1.82, 2.24) is 10.2 Å². The number of hydrogen-bond acceptors (Lipinski definition) is 4. The molecule has 3 rings (SSSR count). The maximum Gasteiger partial charge on any atom is 0.490 e. The second kappa shape index (κ2) is 6.57. The zero-order valence-electron chi connectivity index (χ0n) is 11.8. The number of carboxylic acids is 1. The fraction of sp³-hybridized carbons (Fsp3) is 0.538. The van der Waals surface area contributed by atoms with E-state index in [1.807, 2.05) is 0 Å². The van der Waals surface area contributed by atoms with Crippen LogP contribution >= 0.6 is 0 Å². The number of halogens is 4. The molecule has 2 aliphatic heterocycles. The van der Waals surface area contributed by atoms with Gasteiger partial charge in [-0.3, -0.25) is 4.79 Å². The van der Waals surface area contributed by atoms with Crippen LogP contribution in [0.2, 0.25) is 0 Å². The number of hydrogen-bond donors (Lipinski definition) is 2. The molecule has 2 atom stereocenters. The number of nitrogens with one attached hydrogen (secondary N) is 1. The zero-order valence-corrected chi connectivity index (χ0v) is 11.8. The van der Waals surface area contributed by atoms with Crippen LogP contribution < -0.4 is 5.32 Å². The van der Waals surface area contributed by atoms with E-state index in [2.05, 4.69) is 5.32 Å². The molecular formula is C13H14F4N2O4. The van der Waals surface area contributed by atoms with E-state index in [4.69, 9.17) is 14.3 Å². The molecule has 0 aromatic carbocycles. The Morgan fingerprint density at radius 3 is 2.43 bits per heavy atom. The summed E-state index contributed by atoms with van der Waals surface area (Å²) in [7, 11) is 0. The molecule has 1 aromatic rings. The SMILES string of the molecule is O=C(O)C(F)(F)F.O=C(c1ccc(F)o1)N1C[C@@H]2CN[C@@H](C2)C1. The molecule has 0 unspecified atom stereocenters. The van der Waals surface area contributed by atoms with Gasteiger partial charge in [-0.1, -0.05) is 0 Å². The number of alkyl halides is 3. The summed E-state index contributed by atoms with van der Waals surface area (Å²) in [4.78, 5) is 22.6. The summed E-state index contributed by atoms with van der Waals surface area (Å²) in [6.45, 7) is 2.41. The van der Waals surface area contributed by atoms with Crippen molar-refractivity contribution in [2.24, 2.45) is 5.92 Å². The number of likely N-dealkylation sites (tertiary alicyclic amines) is 1. The number of carbonyl (C=O) groups is 2. The third kappa shape index (κ3) is 4.44. The van der Waals surface area contributed by atoms with Crippen LogP contribution in [-0.2, 0) is 4.79 Å². The van der Waals surface area contributed by atoms with Gasteiger partial charge in [-0.2, -0.15) is 17.6 Å². The van der Waals surface area contributed by atoms with Gasteiger partial charge in [0.25, 0.3) is 11.9 Å². The minimum Gasteiger partial charge on any atom is -0.475 e. The average molecular weight is 338 g/mol. The van der Waals surface area contributed by atoms with Gasteiger partial charge in [0, 0.05) is 31.7 Å². The van der Waals surface area contributed by atoms with Crippen molar-refractivity contribution in [1.29, 1.82) is 0 Å². The van der Waals surface area contributed by atoms with Gasteiger partial charge in [0.15, 0.2) is 5.76 Å². The number of aliphatic carboxylic acids is 1. The van der Waals surface area contributed by atoms with E-state index in [1.165, 1.54) is 12.1 Å². The van der Waals surface area contributed by atoms with E-state index >= 15 is 0 Å². The van der Waals surface area contributed by atoms with Gasteiger partial charge in [0.05, 0.1) is 0 Å². The van der Waals surface area contributed by atoms with Crippen LogP contribution in [0.1, 0.15) is 17.0 Å². The van der Waals surface area contributed by atoms with Crippen molar-refractivity contribution in [3.8, 4) is 0 Å². The summed E-state index contributed by atoms with van der Waals surface area (Å²) < 4.78 is 49.1. The third-order valence-corrected chi connectivity index (χ3v) is 3.55.